The highest BCUT2D eigenvalue weighted by molar-refractivity contribution is 9.10. The number of nitriles is 1. The van der Waals surface area contributed by atoms with Crippen LogP contribution in [0, 0.1) is 17.2 Å². The Morgan fingerprint density at radius 2 is 2.44 bits per heavy atom. The molecule has 1 aromatic carbocycles. The number of nitrogens with zero attached hydrogens (tertiary/aromatic N) is 1. The van der Waals surface area contributed by atoms with Crippen molar-refractivity contribution in [3.8, 4) is 11.8 Å². The lowest BCUT2D eigenvalue weighted by Crippen LogP contribution is -2.11. The molecule has 1 fully saturated rings. The minimum Gasteiger partial charge on any atom is -0.492 e. The fraction of sp³-hybridized carbons (Fsp3) is 0.417. The molecule has 1 aliphatic heterocycles. The highest BCUT2D eigenvalue weighted by Crippen LogP contribution is 2.26. The molecule has 0 amide bonds. The molecule has 0 aromatic heterocycles. The van der Waals surface area contributed by atoms with Crippen LogP contribution in [-0.4, -0.2) is 19.8 Å². The van der Waals surface area contributed by atoms with E-state index in [0.29, 0.717) is 18.1 Å². The topological polar surface area (TPSA) is 42.2 Å². The molecule has 2 rings (SSSR count). The molecule has 1 aliphatic rings. The summed E-state index contributed by atoms with van der Waals surface area (Å²) in [6, 6.07) is 7.42. The normalized spacial score (nSPS) is 19.4. The zero-order chi connectivity index (χ0) is 11.4. The third kappa shape index (κ3) is 2.75. The average molecular weight is 282 g/mol. The number of benzene rings is 1. The summed E-state index contributed by atoms with van der Waals surface area (Å²) in [5, 5.41) is 8.73. The van der Waals surface area contributed by atoms with Gasteiger partial charge in [-0.25, -0.2) is 0 Å². The Kier molecular flexibility index (Phi) is 3.81. The van der Waals surface area contributed by atoms with Gasteiger partial charge in [0, 0.05) is 12.5 Å². The van der Waals surface area contributed by atoms with Crippen molar-refractivity contribution in [2.45, 2.75) is 6.42 Å². The molecule has 0 N–H and O–H groups in total. The van der Waals surface area contributed by atoms with Crippen LogP contribution in [0.1, 0.15) is 12.0 Å². The summed E-state index contributed by atoms with van der Waals surface area (Å²) >= 11 is 3.39. The average Bonchev–Trinajstić information content (AvgIpc) is 2.80. The Hall–Kier alpha value is -1.05. The molecule has 0 radical (unpaired) electrons. The highest BCUT2D eigenvalue weighted by atomic mass is 79.9. The second-order valence-electron chi connectivity index (χ2n) is 3.80. The maximum atomic E-state index is 8.73. The van der Waals surface area contributed by atoms with E-state index >= 15 is 0 Å². The zero-order valence-electron chi connectivity index (χ0n) is 8.78. The predicted molar refractivity (Wildman–Crippen MR) is 63.3 cm³/mol. The van der Waals surface area contributed by atoms with Gasteiger partial charge < -0.3 is 9.47 Å². The molecular weight excluding hydrogens is 270 g/mol. The maximum Gasteiger partial charge on any atom is 0.133 e. The molecule has 1 unspecified atom stereocenters. The van der Waals surface area contributed by atoms with Crippen LogP contribution < -0.4 is 4.74 Å². The molecule has 84 valence electrons. The Morgan fingerprint density at radius 3 is 3.06 bits per heavy atom. The summed E-state index contributed by atoms with van der Waals surface area (Å²) in [7, 11) is 0. The molecule has 0 aliphatic carbocycles. The van der Waals surface area contributed by atoms with E-state index in [9.17, 15) is 0 Å². The quantitative estimate of drug-likeness (QED) is 0.856. The van der Waals surface area contributed by atoms with Crippen LogP contribution in [0.3, 0.4) is 0 Å². The van der Waals surface area contributed by atoms with Crippen LogP contribution in [0.15, 0.2) is 22.7 Å². The zero-order valence-corrected chi connectivity index (χ0v) is 10.4. The first-order chi connectivity index (χ1) is 7.79. The van der Waals surface area contributed by atoms with E-state index in [1.54, 1.807) is 12.1 Å². The third-order valence-electron chi connectivity index (χ3n) is 2.56. The Morgan fingerprint density at radius 1 is 1.56 bits per heavy atom. The van der Waals surface area contributed by atoms with E-state index in [1.165, 1.54) is 0 Å². The molecule has 1 heterocycles. The van der Waals surface area contributed by atoms with Crippen molar-refractivity contribution >= 4 is 15.9 Å². The fourth-order valence-corrected chi connectivity index (χ4v) is 2.10. The lowest BCUT2D eigenvalue weighted by atomic mass is 10.1. The van der Waals surface area contributed by atoms with Gasteiger partial charge in [0.05, 0.1) is 29.3 Å². The van der Waals surface area contributed by atoms with Gasteiger partial charge in [-0.1, -0.05) is 0 Å². The lowest BCUT2D eigenvalue weighted by molar-refractivity contribution is 0.167. The van der Waals surface area contributed by atoms with Gasteiger partial charge >= 0.3 is 0 Å². The van der Waals surface area contributed by atoms with Crippen molar-refractivity contribution in [1.82, 2.24) is 0 Å². The smallest absolute Gasteiger partial charge is 0.133 e. The van der Waals surface area contributed by atoms with Crippen LogP contribution in [0.5, 0.6) is 5.75 Å². The molecule has 4 heteroatoms. The van der Waals surface area contributed by atoms with E-state index in [2.05, 4.69) is 22.0 Å². The first-order valence-electron chi connectivity index (χ1n) is 5.20. The maximum absolute atomic E-state index is 8.73. The van der Waals surface area contributed by atoms with Crippen molar-refractivity contribution in [3.63, 3.8) is 0 Å². The summed E-state index contributed by atoms with van der Waals surface area (Å²) in [6.45, 7) is 2.29. The van der Waals surface area contributed by atoms with Crippen LogP contribution in [0.4, 0.5) is 0 Å². The van der Waals surface area contributed by atoms with Gasteiger partial charge in [-0.3, -0.25) is 0 Å². The van der Waals surface area contributed by atoms with Crippen molar-refractivity contribution in [2.75, 3.05) is 19.8 Å². The molecule has 0 saturated carbocycles. The number of hydrogen-bond acceptors (Lipinski definition) is 3. The van der Waals surface area contributed by atoms with Gasteiger partial charge in [0.1, 0.15) is 5.75 Å². The second-order valence-corrected chi connectivity index (χ2v) is 4.65. The number of hydrogen-bond donors (Lipinski definition) is 0. The molecule has 1 atom stereocenters. The Bertz CT molecular complexity index is 408. The standard InChI is InChI=1S/C12H12BrNO2/c13-11-5-9(6-14)1-2-12(11)16-8-10-3-4-15-7-10/h1-2,5,10H,3-4,7-8H2. The summed E-state index contributed by atoms with van der Waals surface area (Å²) in [6.07, 6.45) is 1.06. The molecule has 16 heavy (non-hydrogen) atoms. The first kappa shape index (κ1) is 11.4. The monoisotopic (exact) mass is 281 g/mol. The van der Waals surface area contributed by atoms with Gasteiger partial charge in [0.15, 0.2) is 0 Å². The SMILES string of the molecule is N#Cc1ccc(OCC2CCOC2)c(Br)c1. The van der Waals surface area contributed by atoms with E-state index in [1.807, 2.05) is 6.07 Å². The molecule has 0 spiro atoms. The van der Waals surface area contributed by atoms with Crippen molar-refractivity contribution < 1.29 is 9.47 Å². The summed E-state index contributed by atoms with van der Waals surface area (Å²) in [4.78, 5) is 0. The Labute approximate surface area is 103 Å². The first-order valence-corrected chi connectivity index (χ1v) is 5.99. The van der Waals surface area contributed by atoms with Crippen molar-refractivity contribution in [1.29, 1.82) is 5.26 Å². The predicted octanol–water partition coefficient (Wildman–Crippen LogP) is 2.74. The van der Waals surface area contributed by atoms with Crippen LogP contribution in [0.2, 0.25) is 0 Å². The van der Waals surface area contributed by atoms with E-state index in [-0.39, 0.29) is 0 Å². The Balaban J connectivity index is 1.96. The largest absolute Gasteiger partial charge is 0.492 e. The number of halogens is 1. The van der Waals surface area contributed by atoms with Crippen molar-refractivity contribution in [2.24, 2.45) is 5.92 Å². The van der Waals surface area contributed by atoms with Gasteiger partial charge in [-0.2, -0.15) is 5.26 Å². The molecule has 3 nitrogen and oxygen atoms in total. The minimum absolute atomic E-state index is 0.488. The van der Waals surface area contributed by atoms with Crippen LogP contribution in [-0.2, 0) is 4.74 Å². The van der Waals surface area contributed by atoms with Gasteiger partial charge in [0.25, 0.3) is 0 Å². The summed E-state index contributed by atoms with van der Waals surface area (Å²) in [5.74, 6) is 1.27. The fourth-order valence-electron chi connectivity index (χ4n) is 1.61. The van der Waals surface area contributed by atoms with Crippen LogP contribution in [0.25, 0.3) is 0 Å². The van der Waals surface area contributed by atoms with Gasteiger partial charge in [-0.05, 0) is 40.5 Å². The van der Waals surface area contributed by atoms with Crippen LogP contribution >= 0.6 is 15.9 Å². The van der Waals surface area contributed by atoms with Gasteiger partial charge in [-0.15, -0.1) is 0 Å². The van der Waals surface area contributed by atoms with E-state index < -0.39 is 0 Å². The highest BCUT2D eigenvalue weighted by Gasteiger charge is 2.16. The minimum atomic E-state index is 0.488. The molecule has 0 bridgehead atoms. The van der Waals surface area contributed by atoms with Gasteiger partial charge in [0.2, 0.25) is 0 Å². The molecule has 1 aromatic rings. The molecule has 1 saturated heterocycles. The third-order valence-corrected chi connectivity index (χ3v) is 3.18. The molecular formula is C12H12BrNO2. The van der Waals surface area contributed by atoms with Crippen molar-refractivity contribution in [3.05, 3.63) is 28.2 Å². The number of rotatable bonds is 3. The second kappa shape index (κ2) is 5.33. The lowest BCUT2D eigenvalue weighted by Gasteiger charge is -2.11. The number of ether oxygens (including phenoxy) is 2. The van der Waals surface area contributed by atoms with E-state index in [4.69, 9.17) is 14.7 Å². The van der Waals surface area contributed by atoms with E-state index in [0.717, 1.165) is 29.9 Å². The summed E-state index contributed by atoms with van der Waals surface area (Å²) < 4.78 is 11.8. The summed E-state index contributed by atoms with van der Waals surface area (Å²) in [5.41, 5.74) is 0.628.